The number of alkyl carbamates (subject to hydrolysis) is 1. The molecule has 1 unspecified atom stereocenters. The van der Waals surface area contributed by atoms with Crippen LogP contribution in [0.25, 0.3) is 0 Å². The molecule has 0 spiro atoms. The summed E-state index contributed by atoms with van der Waals surface area (Å²) < 4.78 is 16.4. The summed E-state index contributed by atoms with van der Waals surface area (Å²) in [5.74, 6) is 0.144. The van der Waals surface area contributed by atoms with Crippen LogP contribution >= 0.6 is 0 Å². The SMILES string of the molecule is COC(=O)NCCO[C@@H](c1cc(C)cc(C)c1)C1CCCN(C(=O)OC(C)(C)C)C1. The molecule has 0 saturated carbocycles. The molecule has 2 rings (SSSR count). The molecule has 2 amide bonds. The Morgan fingerprint density at radius 3 is 2.47 bits per heavy atom. The van der Waals surface area contributed by atoms with Gasteiger partial charge in [0.25, 0.3) is 0 Å². The molecule has 30 heavy (non-hydrogen) atoms. The summed E-state index contributed by atoms with van der Waals surface area (Å²) >= 11 is 0. The van der Waals surface area contributed by atoms with Gasteiger partial charge in [0.15, 0.2) is 0 Å². The number of hydrogen-bond acceptors (Lipinski definition) is 5. The van der Waals surface area contributed by atoms with Crippen LogP contribution in [0.15, 0.2) is 18.2 Å². The van der Waals surface area contributed by atoms with Gasteiger partial charge in [0.05, 0.1) is 19.8 Å². The predicted octanol–water partition coefficient (Wildman–Crippen LogP) is 4.36. The van der Waals surface area contributed by atoms with E-state index in [2.05, 4.69) is 42.1 Å². The molecular weight excluding hydrogens is 384 g/mol. The molecule has 0 aliphatic carbocycles. The van der Waals surface area contributed by atoms with Crippen molar-refractivity contribution in [3.63, 3.8) is 0 Å². The molecule has 1 aliphatic heterocycles. The van der Waals surface area contributed by atoms with Crippen molar-refractivity contribution in [3.8, 4) is 0 Å². The number of ether oxygens (including phenoxy) is 3. The second kappa shape index (κ2) is 10.7. The first-order valence-electron chi connectivity index (χ1n) is 10.6. The van der Waals surface area contributed by atoms with E-state index in [0.29, 0.717) is 26.2 Å². The highest BCUT2D eigenvalue weighted by atomic mass is 16.6. The van der Waals surface area contributed by atoms with Gasteiger partial charge in [-0.05, 0) is 53.0 Å². The Hall–Kier alpha value is -2.28. The van der Waals surface area contributed by atoms with E-state index in [9.17, 15) is 9.59 Å². The molecule has 1 aromatic carbocycles. The zero-order valence-corrected chi connectivity index (χ0v) is 19.1. The van der Waals surface area contributed by atoms with Crippen LogP contribution in [0.3, 0.4) is 0 Å². The minimum Gasteiger partial charge on any atom is -0.453 e. The van der Waals surface area contributed by atoms with Crippen LogP contribution in [0.1, 0.15) is 56.4 Å². The van der Waals surface area contributed by atoms with Crippen molar-refractivity contribution in [2.45, 2.75) is 59.2 Å². The van der Waals surface area contributed by atoms with Crippen LogP contribution in [-0.2, 0) is 14.2 Å². The Bertz CT molecular complexity index is 709. The Labute approximate surface area is 180 Å². The highest BCUT2D eigenvalue weighted by Crippen LogP contribution is 2.34. The zero-order valence-electron chi connectivity index (χ0n) is 19.1. The maximum absolute atomic E-state index is 12.6. The van der Waals surface area contributed by atoms with Gasteiger partial charge in [0, 0.05) is 25.6 Å². The van der Waals surface area contributed by atoms with Crippen molar-refractivity contribution in [2.24, 2.45) is 5.92 Å². The van der Waals surface area contributed by atoms with Crippen LogP contribution < -0.4 is 5.32 Å². The molecule has 168 valence electrons. The van der Waals surface area contributed by atoms with Crippen molar-refractivity contribution < 1.29 is 23.8 Å². The molecule has 1 N–H and O–H groups in total. The van der Waals surface area contributed by atoms with Crippen LogP contribution in [0.4, 0.5) is 9.59 Å². The van der Waals surface area contributed by atoms with Gasteiger partial charge in [-0.2, -0.15) is 0 Å². The number of likely N-dealkylation sites (tertiary alicyclic amines) is 1. The van der Waals surface area contributed by atoms with Crippen molar-refractivity contribution in [1.82, 2.24) is 10.2 Å². The molecule has 2 atom stereocenters. The minimum atomic E-state index is -0.521. The van der Waals surface area contributed by atoms with Crippen LogP contribution in [-0.4, -0.2) is 56.0 Å². The standard InChI is InChI=1S/C23H36N2O5/c1-16-12-17(2)14-19(13-16)20(29-11-9-24-21(26)28-6)18-8-7-10-25(15-18)22(27)30-23(3,4)5/h12-14,18,20H,7-11,15H2,1-6H3,(H,24,26)/t18?,20-/m1/s1. The predicted molar refractivity (Wildman–Crippen MR) is 116 cm³/mol. The lowest BCUT2D eigenvalue weighted by molar-refractivity contribution is -0.0246. The lowest BCUT2D eigenvalue weighted by Gasteiger charge is -2.37. The molecule has 0 bridgehead atoms. The quantitative estimate of drug-likeness (QED) is 0.692. The Morgan fingerprint density at radius 1 is 1.20 bits per heavy atom. The summed E-state index contributed by atoms with van der Waals surface area (Å²) in [5, 5.41) is 2.65. The first-order valence-corrected chi connectivity index (χ1v) is 10.6. The number of carbonyl (C=O) groups is 2. The van der Waals surface area contributed by atoms with Gasteiger partial charge < -0.3 is 24.4 Å². The van der Waals surface area contributed by atoms with Gasteiger partial charge in [-0.25, -0.2) is 9.59 Å². The molecule has 7 heteroatoms. The fourth-order valence-corrected chi connectivity index (χ4v) is 3.84. The summed E-state index contributed by atoms with van der Waals surface area (Å²) in [4.78, 5) is 25.7. The maximum atomic E-state index is 12.6. The van der Waals surface area contributed by atoms with Crippen LogP contribution in [0, 0.1) is 19.8 Å². The lowest BCUT2D eigenvalue weighted by atomic mass is 9.87. The van der Waals surface area contributed by atoms with Gasteiger partial charge in [0.1, 0.15) is 5.60 Å². The summed E-state index contributed by atoms with van der Waals surface area (Å²) in [6.07, 6.45) is 0.929. The van der Waals surface area contributed by atoms with E-state index < -0.39 is 11.7 Å². The Kier molecular flexibility index (Phi) is 8.53. The van der Waals surface area contributed by atoms with Crippen molar-refractivity contribution in [1.29, 1.82) is 0 Å². The summed E-state index contributed by atoms with van der Waals surface area (Å²) in [6.45, 7) is 11.8. The van der Waals surface area contributed by atoms with Crippen molar-refractivity contribution in [3.05, 3.63) is 34.9 Å². The van der Waals surface area contributed by atoms with Gasteiger partial charge >= 0.3 is 12.2 Å². The number of amides is 2. The number of piperidine rings is 1. The van der Waals surface area contributed by atoms with E-state index in [-0.39, 0.29) is 18.1 Å². The highest BCUT2D eigenvalue weighted by molar-refractivity contribution is 5.68. The largest absolute Gasteiger partial charge is 0.453 e. The lowest BCUT2D eigenvalue weighted by Crippen LogP contribution is -2.44. The second-order valence-corrected chi connectivity index (χ2v) is 8.96. The third-order valence-electron chi connectivity index (χ3n) is 4.96. The molecule has 0 aromatic heterocycles. The third-order valence-corrected chi connectivity index (χ3v) is 4.96. The van der Waals surface area contributed by atoms with Gasteiger partial charge in [0.2, 0.25) is 0 Å². The fourth-order valence-electron chi connectivity index (χ4n) is 3.84. The van der Waals surface area contributed by atoms with Gasteiger partial charge in [-0.1, -0.05) is 29.3 Å². The number of nitrogens with one attached hydrogen (secondary N) is 1. The topological polar surface area (TPSA) is 77.1 Å². The normalized spacial score (nSPS) is 17.9. The molecule has 1 heterocycles. The molecule has 0 radical (unpaired) electrons. The van der Waals surface area contributed by atoms with E-state index in [0.717, 1.165) is 18.4 Å². The van der Waals surface area contributed by atoms with E-state index in [1.165, 1.54) is 18.2 Å². The number of aryl methyl sites for hydroxylation is 2. The maximum Gasteiger partial charge on any atom is 0.410 e. The van der Waals surface area contributed by atoms with Gasteiger partial charge in [-0.15, -0.1) is 0 Å². The second-order valence-electron chi connectivity index (χ2n) is 8.96. The first kappa shape index (κ1) is 24.0. The van der Waals surface area contributed by atoms with E-state index in [1.54, 1.807) is 4.90 Å². The smallest absolute Gasteiger partial charge is 0.410 e. The summed E-state index contributed by atoms with van der Waals surface area (Å²) in [7, 11) is 1.34. The minimum absolute atomic E-state index is 0.144. The number of benzene rings is 1. The number of hydrogen-bond donors (Lipinski definition) is 1. The van der Waals surface area contributed by atoms with Crippen molar-refractivity contribution >= 4 is 12.2 Å². The monoisotopic (exact) mass is 420 g/mol. The summed E-state index contributed by atoms with van der Waals surface area (Å²) in [5.41, 5.74) is 2.92. The number of rotatable bonds is 6. The van der Waals surface area contributed by atoms with E-state index in [4.69, 9.17) is 9.47 Å². The molecule has 7 nitrogen and oxygen atoms in total. The number of methoxy groups -OCH3 is 1. The molecule has 1 aromatic rings. The third kappa shape index (κ3) is 7.52. The Balaban J connectivity index is 2.14. The zero-order chi connectivity index (χ0) is 22.3. The average molecular weight is 421 g/mol. The van der Waals surface area contributed by atoms with Crippen LogP contribution in [0.5, 0.6) is 0 Å². The van der Waals surface area contributed by atoms with Crippen molar-refractivity contribution in [2.75, 3.05) is 33.4 Å². The fraction of sp³-hybridized carbons (Fsp3) is 0.652. The highest BCUT2D eigenvalue weighted by Gasteiger charge is 2.33. The van der Waals surface area contributed by atoms with Gasteiger partial charge in [-0.3, -0.25) is 0 Å². The molecule has 1 fully saturated rings. The summed E-state index contributed by atoms with van der Waals surface area (Å²) in [6, 6.07) is 6.41. The van der Waals surface area contributed by atoms with E-state index >= 15 is 0 Å². The number of carbonyl (C=O) groups excluding carboxylic acids is 2. The van der Waals surface area contributed by atoms with E-state index in [1.807, 2.05) is 20.8 Å². The molecular formula is C23H36N2O5. The molecule has 1 saturated heterocycles. The average Bonchev–Trinajstić information content (AvgIpc) is 2.65. The Morgan fingerprint density at radius 2 is 1.87 bits per heavy atom. The first-order chi connectivity index (χ1) is 14.1. The van der Waals surface area contributed by atoms with Crippen LogP contribution in [0.2, 0.25) is 0 Å². The molecule has 1 aliphatic rings. The number of nitrogens with zero attached hydrogens (tertiary/aromatic N) is 1.